The van der Waals surface area contributed by atoms with Crippen molar-refractivity contribution in [2.24, 2.45) is 20.5 Å². The maximum absolute atomic E-state index is 13.3. The molecule has 0 saturated heterocycles. The monoisotopic (exact) mass is 860 g/mol. The minimum absolute atomic E-state index is 0. The SMILES string of the molecule is Cc1cc(N=Nc2ccc(NC(=O)c3ccc(NC(=O)c4ccccc4)cc3)c3ccc(S(=O)(=O)O)cc23)ccc1N=Nc1ccc2c(O)cc(S(=O)(=O)O)cc2c1.[Na].[Na]. The van der Waals surface area contributed by atoms with E-state index in [2.05, 4.69) is 31.1 Å². The third-order valence-electron chi connectivity index (χ3n) is 8.86. The number of fused-ring (bicyclic) bond motifs is 2. The van der Waals surface area contributed by atoms with Gasteiger partial charge in [-0.2, -0.15) is 32.2 Å². The Morgan fingerprint density at radius 1 is 0.533 bits per heavy atom. The van der Waals surface area contributed by atoms with Gasteiger partial charge in [0.15, 0.2) is 0 Å². The molecular weight excluding hydrogens is 831 g/mol. The number of nitrogens with zero attached hydrogens (tertiary/aromatic N) is 4. The Balaban J connectivity index is 0.00000341. The summed E-state index contributed by atoms with van der Waals surface area (Å²) in [5.41, 5.74) is 3.72. The Bertz CT molecular complexity index is 3080. The minimum Gasteiger partial charge on any atom is -0.507 e. The molecule has 15 nitrogen and oxygen atoms in total. The molecule has 60 heavy (non-hydrogen) atoms. The summed E-state index contributed by atoms with van der Waals surface area (Å²) in [5.74, 6) is -1.10. The molecular formula is C41H30N6Na2O9S2. The zero-order chi connectivity index (χ0) is 41.2. The van der Waals surface area contributed by atoms with Gasteiger partial charge in [-0.15, -0.1) is 5.11 Å². The maximum atomic E-state index is 13.3. The number of carbonyl (C=O) groups is 2. The molecule has 7 aromatic carbocycles. The van der Waals surface area contributed by atoms with E-state index < -0.39 is 31.0 Å². The van der Waals surface area contributed by atoms with Crippen molar-refractivity contribution in [1.29, 1.82) is 0 Å². The molecule has 5 N–H and O–H groups in total. The summed E-state index contributed by atoms with van der Waals surface area (Å²) >= 11 is 0. The average molecular weight is 861 g/mol. The van der Waals surface area contributed by atoms with Gasteiger partial charge in [0.25, 0.3) is 32.1 Å². The molecule has 2 radical (unpaired) electrons. The molecule has 7 aromatic rings. The molecule has 0 bridgehead atoms. The summed E-state index contributed by atoms with van der Waals surface area (Å²) < 4.78 is 66.6. The third-order valence-corrected chi connectivity index (χ3v) is 10.5. The van der Waals surface area contributed by atoms with E-state index in [0.29, 0.717) is 55.7 Å². The van der Waals surface area contributed by atoms with Gasteiger partial charge in [-0.05, 0) is 121 Å². The zero-order valence-electron chi connectivity index (χ0n) is 32.1. The van der Waals surface area contributed by atoms with Crippen molar-refractivity contribution < 1.29 is 40.6 Å². The number of benzene rings is 7. The number of phenolic OH excluding ortho intramolecular Hbond substituents is 1. The molecule has 0 aliphatic heterocycles. The molecule has 7 rings (SSSR count). The smallest absolute Gasteiger partial charge is 0.294 e. The van der Waals surface area contributed by atoms with E-state index in [1.165, 1.54) is 36.4 Å². The Hall–Kier alpha value is -5.18. The van der Waals surface area contributed by atoms with Gasteiger partial charge >= 0.3 is 0 Å². The largest absolute Gasteiger partial charge is 0.507 e. The Labute approximate surface area is 387 Å². The van der Waals surface area contributed by atoms with Crippen LogP contribution in [0.2, 0.25) is 0 Å². The van der Waals surface area contributed by atoms with Gasteiger partial charge in [-0.1, -0.05) is 24.3 Å². The van der Waals surface area contributed by atoms with Crippen LogP contribution in [0.3, 0.4) is 0 Å². The van der Waals surface area contributed by atoms with E-state index in [1.807, 2.05) is 0 Å². The molecule has 0 heterocycles. The topological polar surface area (TPSA) is 237 Å². The van der Waals surface area contributed by atoms with Crippen LogP contribution in [0.4, 0.5) is 34.1 Å². The summed E-state index contributed by atoms with van der Waals surface area (Å²) in [6.45, 7) is 1.77. The van der Waals surface area contributed by atoms with E-state index in [0.717, 1.165) is 6.07 Å². The molecule has 2 amide bonds. The number of rotatable bonds is 10. The number of carbonyl (C=O) groups excluding carboxylic acids is 2. The van der Waals surface area contributed by atoms with Gasteiger partial charge in [-0.25, -0.2) is 0 Å². The fraction of sp³-hybridized carbons (Fsp3) is 0.0244. The molecule has 292 valence electrons. The summed E-state index contributed by atoms with van der Waals surface area (Å²) in [6, 6.07) is 33.7. The van der Waals surface area contributed by atoms with Gasteiger partial charge in [-0.3, -0.25) is 18.7 Å². The van der Waals surface area contributed by atoms with Gasteiger partial charge in [0.2, 0.25) is 0 Å². The maximum Gasteiger partial charge on any atom is 0.294 e. The normalized spacial score (nSPS) is 11.7. The molecule has 0 aromatic heterocycles. The third kappa shape index (κ3) is 10.8. The zero-order valence-corrected chi connectivity index (χ0v) is 37.7. The number of nitrogens with one attached hydrogen (secondary N) is 2. The molecule has 0 spiro atoms. The van der Waals surface area contributed by atoms with Crippen LogP contribution in [0, 0.1) is 6.92 Å². The second-order valence-corrected chi connectivity index (χ2v) is 15.7. The fourth-order valence-electron chi connectivity index (χ4n) is 5.92. The van der Waals surface area contributed by atoms with E-state index in [-0.39, 0.29) is 92.3 Å². The predicted octanol–water partition coefficient (Wildman–Crippen LogP) is 9.07. The van der Waals surface area contributed by atoms with Gasteiger partial charge < -0.3 is 15.7 Å². The average Bonchev–Trinajstić information content (AvgIpc) is 3.19. The van der Waals surface area contributed by atoms with Crippen molar-refractivity contribution in [2.75, 3.05) is 10.6 Å². The number of phenols is 1. The quantitative estimate of drug-likeness (QED) is 0.0500. The van der Waals surface area contributed by atoms with Gasteiger partial charge in [0, 0.05) is 104 Å². The molecule has 0 fully saturated rings. The van der Waals surface area contributed by atoms with Crippen molar-refractivity contribution in [3.8, 4) is 5.75 Å². The summed E-state index contributed by atoms with van der Waals surface area (Å²) in [7, 11) is -9.15. The second kappa shape index (κ2) is 19.0. The first-order valence-electron chi connectivity index (χ1n) is 17.1. The number of aryl methyl sites for hydroxylation is 1. The molecule has 0 atom stereocenters. The second-order valence-electron chi connectivity index (χ2n) is 12.9. The first kappa shape index (κ1) is 45.9. The standard InChI is InChI=1S/C41H30N6O9S2.2Na/c1-24-19-29(12-16-36(24)46-45-30-11-14-33-27(20-30)21-32(23-39(33)48)58(54,55)56)44-47-38-18-17-37(34-15-13-31(22-35(34)38)57(51,52)53)43-41(50)26-7-9-28(10-8-26)42-40(49)25-5-3-2-4-6-25;;/h2-23,48H,1H3,(H,42,49)(H,43,50)(H,51,52,53)(H,54,55,56);;. The van der Waals surface area contributed by atoms with Gasteiger partial charge in [0.1, 0.15) is 5.75 Å². The Morgan fingerprint density at radius 2 is 1.12 bits per heavy atom. The van der Waals surface area contributed by atoms with Crippen LogP contribution in [-0.4, -0.2) is 102 Å². The van der Waals surface area contributed by atoms with E-state index in [4.69, 9.17) is 0 Å². The molecule has 0 aliphatic carbocycles. The Morgan fingerprint density at radius 3 is 1.78 bits per heavy atom. The van der Waals surface area contributed by atoms with Crippen LogP contribution in [0.15, 0.2) is 164 Å². The van der Waals surface area contributed by atoms with Crippen LogP contribution in [0.25, 0.3) is 21.5 Å². The van der Waals surface area contributed by atoms with Crippen LogP contribution < -0.4 is 10.6 Å². The number of anilines is 2. The first-order chi connectivity index (χ1) is 27.6. The molecule has 0 unspecified atom stereocenters. The van der Waals surface area contributed by atoms with Crippen molar-refractivity contribution >= 4 is 147 Å². The van der Waals surface area contributed by atoms with E-state index >= 15 is 0 Å². The van der Waals surface area contributed by atoms with Crippen molar-refractivity contribution in [1.82, 2.24) is 0 Å². The number of hydrogen-bond acceptors (Lipinski definition) is 11. The van der Waals surface area contributed by atoms with Crippen LogP contribution in [0.5, 0.6) is 5.75 Å². The number of aromatic hydroxyl groups is 1. The van der Waals surface area contributed by atoms with Crippen molar-refractivity contribution in [3.05, 3.63) is 150 Å². The van der Waals surface area contributed by atoms with Crippen LogP contribution >= 0.6 is 0 Å². The summed E-state index contributed by atoms with van der Waals surface area (Å²) in [6.07, 6.45) is 0. The first-order valence-corrected chi connectivity index (χ1v) is 20.0. The number of azo groups is 2. The van der Waals surface area contributed by atoms with E-state index in [1.54, 1.807) is 97.9 Å². The van der Waals surface area contributed by atoms with Crippen LogP contribution in [-0.2, 0) is 20.2 Å². The van der Waals surface area contributed by atoms with E-state index in [9.17, 15) is 40.6 Å². The summed E-state index contributed by atoms with van der Waals surface area (Å²) in [5, 5.41) is 34.4. The molecule has 0 aliphatic rings. The minimum atomic E-state index is -4.60. The fourth-order valence-corrected chi connectivity index (χ4v) is 6.96. The van der Waals surface area contributed by atoms with Gasteiger partial charge in [0.05, 0.1) is 32.5 Å². The Kier molecular flexibility index (Phi) is 14.6. The van der Waals surface area contributed by atoms with Crippen LogP contribution in [0.1, 0.15) is 26.3 Å². The number of hydrogen-bond donors (Lipinski definition) is 5. The predicted molar refractivity (Wildman–Crippen MR) is 229 cm³/mol. The van der Waals surface area contributed by atoms with Crippen molar-refractivity contribution in [2.45, 2.75) is 16.7 Å². The molecule has 19 heteroatoms. The molecule has 0 saturated carbocycles. The van der Waals surface area contributed by atoms with Crippen molar-refractivity contribution in [3.63, 3.8) is 0 Å². The number of amides is 2. The summed E-state index contributed by atoms with van der Waals surface area (Å²) in [4.78, 5) is 25.0.